The number of carbonyl (C=O) groups is 2. The van der Waals surface area contributed by atoms with Crippen molar-refractivity contribution in [2.45, 2.75) is 45.7 Å². The van der Waals surface area contributed by atoms with Crippen LogP contribution in [-0.4, -0.2) is 30.3 Å². The van der Waals surface area contributed by atoms with Crippen molar-refractivity contribution in [1.82, 2.24) is 4.90 Å². The summed E-state index contributed by atoms with van der Waals surface area (Å²) in [5, 5.41) is 1.94. The molecule has 0 spiro atoms. The first-order chi connectivity index (χ1) is 12.1. The fourth-order valence-corrected chi connectivity index (χ4v) is 2.80. The molecule has 0 aliphatic carbocycles. The summed E-state index contributed by atoms with van der Waals surface area (Å²) in [6, 6.07) is 3.14. The van der Waals surface area contributed by atoms with E-state index in [1.54, 1.807) is 0 Å². The van der Waals surface area contributed by atoms with E-state index in [1.807, 2.05) is 13.8 Å². The molecule has 0 saturated carbocycles. The Hall–Kier alpha value is -1.76. The SMILES string of the molecule is CCCCC(CC)C(=O)N(C)CC(=O)Nc1ccc(Cl)c(C(F)(F)F)c1. The summed E-state index contributed by atoms with van der Waals surface area (Å²) in [5.41, 5.74) is -1.04. The van der Waals surface area contributed by atoms with Crippen LogP contribution >= 0.6 is 11.6 Å². The van der Waals surface area contributed by atoms with Gasteiger partial charge in [-0.3, -0.25) is 9.59 Å². The van der Waals surface area contributed by atoms with Gasteiger partial charge in [0, 0.05) is 18.7 Å². The highest BCUT2D eigenvalue weighted by atomic mass is 35.5. The zero-order valence-electron chi connectivity index (χ0n) is 15.1. The third-order valence-corrected chi connectivity index (χ3v) is 4.39. The Balaban J connectivity index is 2.73. The molecule has 4 nitrogen and oxygen atoms in total. The van der Waals surface area contributed by atoms with E-state index >= 15 is 0 Å². The predicted molar refractivity (Wildman–Crippen MR) is 96.0 cm³/mol. The maximum absolute atomic E-state index is 12.9. The lowest BCUT2D eigenvalue weighted by atomic mass is 9.98. The van der Waals surface area contributed by atoms with Crippen LogP contribution in [0, 0.1) is 5.92 Å². The van der Waals surface area contributed by atoms with Gasteiger partial charge >= 0.3 is 6.18 Å². The molecule has 146 valence electrons. The summed E-state index contributed by atoms with van der Waals surface area (Å²) < 4.78 is 38.6. The summed E-state index contributed by atoms with van der Waals surface area (Å²) >= 11 is 5.55. The Labute approximate surface area is 156 Å². The summed E-state index contributed by atoms with van der Waals surface area (Å²) in [6.45, 7) is 3.72. The van der Waals surface area contributed by atoms with E-state index in [9.17, 15) is 22.8 Å². The molecule has 0 heterocycles. The molecule has 0 fully saturated rings. The lowest BCUT2D eigenvalue weighted by Gasteiger charge is -2.22. The molecule has 26 heavy (non-hydrogen) atoms. The monoisotopic (exact) mass is 392 g/mol. The minimum Gasteiger partial charge on any atom is -0.336 e. The molecule has 0 bridgehead atoms. The molecule has 1 N–H and O–H groups in total. The van der Waals surface area contributed by atoms with Crippen LogP contribution in [0.15, 0.2) is 18.2 Å². The first kappa shape index (κ1) is 22.3. The van der Waals surface area contributed by atoms with Crippen LogP contribution in [0.2, 0.25) is 5.02 Å². The van der Waals surface area contributed by atoms with Crippen LogP contribution in [0.3, 0.4) is 0 Å². The number of nitrogens with one attached hydrogen (secondary N) is 1. The summed E-state index contributed by atoms with van der Waals surface area (Å²) in [4.78, 5) is 25.8. The number of rotatable bonds is 8. The Morgan fingerprint density at radius 3 is 2.46 bits per heavy atom. The quantitative estimate of drug-likeness (QED) is 0.678. The average molecular weight is 393 g/mol. The number of halogens is 4. The largest absolute Gasteiger partial charge is 0.417 e. The standard InChI is InChI=1S/C18H24ClF3N2O2/c1-4-6-7-12(5-2)17(26)24(3)11-16(25)23-13-8-9-15(19)14(10-13)18(20,21)22/h8-10,12H,4-7,11H2,1-3H3,(H,23,25). The second-order valence-electron chi connectivity index (χ2n) is 6.18. The molecule has 1 rings (SSSR count). The fourth-order valence-electron chi connectivity index (χ4n) is 2.58. The van der Waals surface area contributed by atoms with E-state index < -0.39 is 22.7 Å². The lowest BCUT2D eigenvalue weighted by Crippen LogP contribution is -2.38. The molecular weight excluding hydrogens is 369 g/mol. The lowest BCUT2D eigenvalue weighted by molar-refractivity contribution is -0.137. The molecule has 1 aromatic carbocycles. The van der Waals surface area contributed by atoms with Gasteiger partial charge in [0.1, 0.15) is 0 Å². The number of carbonyl (C=O) groups excluding carboxylic acids is 2. The van der Waals surface area contributed by atoms with Crippen LogP contribution in [0.5, 0.6) is 0 Å². The molecular formula is C18H24ClF3N2O2. The van der Waals surface area contributed by atoms with Gasteiger partial charge in [-0.15, -0.1) is 0 Å². The number of hydrogen-bond acceptors (Lipinski definition) is 2. The predicted octanol–water partition coefficient (Wildman–Crippen LogP) is 4.97. The van der Waals surface area contributed by atoms with Crippen molar-refractivity contribution >= 4 is 29.1 Å². The first-order valence-corrected chi connectivity index (χ1v) is 8.89. The fraction of sp³-hybridized carbons (Fsp3) is 0.556. The molecule has 1 aromatic rings. The summed E-state index contributed by atoms with van der Waals surface area (Å²) in [5.74, 6) is -0.857. The molecule has 1 unspecified atom stereocenters. The third kappa shape index (κ3) is 6.52. The van der Waals surface area contributed by atoms with E-state index in [0.29, 0.717) is 6.42 Å². The maximum Gasteiger partial charge on any atom is 0.417 e. The number of nitrogens with zero attached hydrogens (tertiary/aromatic N) is 1. The van der Waals surface area contributed by atoms with Crippen molar-refractivity contribution in [2.75, 3.05) is 18.9 Å². The van der Waals surface area contributed by atoms with E-state index in [0.717, 1.165) is 31.4 Å². The second-order valence-corrected chi connectivity index (χ2v) is 6.59. The van der Waals surface area contributed by atoms with Crippen LogP contribution in [0.4, 0.5) is 18.9 Å². The number of benzene rings is 1. The van der Waals surface area contributed by atoms with Crippen molar-refractivity contribution in [3.05, 3.63) is 28.8 Å². The van der Waals surface area contributed by atoms with E-state index in [4.69, 9.17) is 11.6 Å². The number of hydrogen-bond donors (Lipinski definition) is 1. The minimum absolute atomic E-state index is 0.0226. The van der Waals surface area contributed by atoms with Crippen LogP contribution in [0.25, 0.3) is 0 Å². The van der Waals surface area contributed by atoms with Crippen molar-refractivity contribution in [2.24, 2.45) is 5.92 Å². The smallest absolute Gasteiger partial charge is 0.336 e. The van der Waals surface area contributed by atoms with Gasteiger partial charge in [-0.25, -0.2) is 0 Å². The molecule has 2 amide bonds. The molecule has 0 radical (unpaired) electrons. The van der Waals surface area contributed by atoms with Crippen LogP contribution in [-0.2, 0) is 15.8 Å². The highest BCUT2D eigenvalue weighted by Crippen LogP contribution is 2.36. The number of unbranched alkanes of at least 4 members (excludes halogenated alkanes) is 1. The number of anilines is 1. The molecule has 1 atom stereocenters. The van der Waals surface area contributed by atoms with Crippen molar-refractivity contribution in [3.63, 3.8) is 0 Å². The first-order valence-electron chi connectivity index (χ1n) is 8.51. The van der Waals surface area contributed by atoms with Gasteiger partial charge in [0.2, 0.25) is 11.8 Å². The van der Waals surface area contributed by atoms with Crippen LogP contribution in [0.1, 0.15) is 45.1 Å². The molecule has 0 saturated heterocycles. The number of amides is 2. The van der Waals surface area contributed by atoms with Gasteiger partial charge in [-0.05, 0) is 31.0 Å². The molecule has 0 aliphatic rings. The highest BCUT2D eigenvalue weighted by Gasteiger charge is 2.33. The van der Waals surface area contributed by atoms with Gasteiger partial charge < -0.3 is 10.2 Å². The molecule has 0 aromatic heterocycles. The van der Waals surface area contributed by atoms with Crippen molar-refractivity contribution in [3.8, 4) is 0 Å². The zero-order valence-corrected chi connectivity index (χ0v) is 15.9. The third-order valence-electron chi connectivity index (χ3n) is 4.06. The van der Waals surface area contributed by atoms with Gasteiger partial charge in [0.25, 0.3) is 0 Å². The number of likely N-dealkylation sites (N-methyl/N-ethyl adjacent to an activating group) is 1. The highest BCUT2D eigenvalue weighted by molar-refractivity contribution is 6.31. The summed E-state index contributed by atoms with van der Waals surface area (Å²) in [7, 11) is 1.51. The Morgan fingerprint density at radius 1 is 1.27 bits per heavy atom. The van der Waals surface area contributed by atoms with E-state index in [2.05, 4.69) is 5.32 Å². The maximum atomic E-state index is 12.9. The van der Waals surface area contributed by atoms with Gasteiger partial charge in [-0.2, -0.15) is 13.2 Å². The Bertz CT molecular complexity index is 635. The van der Waals surface area contributed by atoms with Gasteiger partial charge in [0.15, 0.2) is 0 Å². The van der Waals surface area contributed by atoms with Crippen molar-refractivity contribution in [1.29, 1.82) is 0 Å². The number of alkyl halides is 3. The van der Waals surface area contributed by atoms with Crippen molar-refractivity contribution < 1.29 is 22.8 Å². The van der Waals surface area contributed by atoms with E-state index in [-0.39, 0.29) is 24.1 Å². The molecule has 0 aliphatic heterocycles. The average Bonchev–Trinajstić information content (AvgIpc) is 2.55. The van der Waals surface area contributed by atoms with E-state index in [1.165, 1.54) is 18.0 Å². The topological polar surface area (TPSA) is 49.4 Å². The zero-order chi connectivity index (χ0) is 19.9. The normalized spacial score (nSPS) is 12.6. The Morgan fingerprint density at radius 2 is 1.92 bits per heavy atom. The summed E-state index contributed by atoms with van der Waals surface area (Å²) in [6.07, 6.45) is -1.28. The minimum atomic E-state index is -4.61. The Kier molecular flexibility index (Phi) is 8.40. The van der Waals surface area contributed by atoms with Gasteiger partial charge in [-0.1, -0.05) is 38.3 Å². The molecule has 8 heteroatoms. The second kappa shape index (κ2) is 9.80. The van der Waals surface area contributed by atoms with Crippen LogP contribution < -0.4 is 5.32 Å². The van der Waals surface area contributed by atoms with Gasteiger partial charge in [0.05, 0.1) is 17.1 Å².